The Labute approximate surface area is 201 Å². The van der Waals surface area contributed by atoms with Crippen molar-refractivity contribution in [2.24, 2.45) is 5.92 Å². The van der Waals surface area contributed by atoms with E-state index in [0.29, 0.717) is 13.2 Å². The van der Waals surface area contributed by atoms with E-state index in [2.05, 4.69) is 29.3 Å². The highest BCUT2D eigenvalue weighted by molar-refractivity contribution is 7.14. The van der Waals surface area contributed by atoms with Gasteiger partial charge in [0.15, 0.2) is 5.13 Å². The lowest BCUT2D eigenvalue weighted by Gasteiger charge is -2.30. The zero-order valence-corrected chi connectivity index (χ0v) is 20.3. The first-order chi connectivity index (χ1) is 15.9. The van der Waals surface area contributed by atoms with Crippen LogP contribution in [-0.2, 0) is 16.1 Å². The predicted octanol–water partition coefficient (Wildman–Crippen LogP) is 4.58. The minimum Gasteiger partial charge on any atom is -0.488 e. The molecule has 1 aromatic heterocycles. The Hall–Kier alpha value is -2.80. The quantitative estimate of drug-likeness (QED) is 0.382. The molecule has 5 nitrogen and oxygen atoms in total. The third-order valence-corrected chi connectivity index (χ3v) is 6.94. The summed E-state index contributed by atoms with van der Waals surface area (Å²) in [6.07, 6.45) is 1.60. The molecule has 0 amide bonds. The summed E-state index contributed by atoms with van der Waals surface area (Å²) < 4.78 is 11.4. The molecule has 33 heavy (non-hydrogen) atoms. The molecule has 0 N–H and O–H groups in total. The van der Waals surface area contributed by atoms with Gasteiger partial charge in [0.05, 0.1) is 18.2 Å². The molecule has 0 spiro atoms. The molecule has 7 heteroatoms. The molecule has 1 aliphatic heterocycles. The van der Waals surface area contributed by atoms with E-state index < -0.39 is 0 Å². The molecule has 0 saturated carbocycles. The van der Waals surface area contributed by atoms with E-state index in [1.807, 2.05) is 38.1 Å². The van der Waals surface area contributed by atoms with Crippen molar-refractivity contribution in [1.29, 1.82) is 0 Å². The maximum atomic E-state index is 12.0. The lowest BCUT2D eigenvalue weighted by atomic mass is 9.93. The third kappa shape index (κ3) is 5.59. The molecule has 2 aromatic carbocycles. The second kappa shape index (κ2) is 10.4. The van der Waals surface area contributed by atoms with E-state index in [0.717, 1.165) is 70.2 Å². The number of aromatic nitrogens is 1. The number of carbonyl (C=O) groups is 1. The number of benzene rings is 2. The van der Waals surface area contributed by atoms with Gasteiger partial charge in [-0.2, -0.15) is 0 Å². The van der Waals surface area contributed by atoms with Gasteiger partial charge in [-0.25, -0.2) is 4.98 Å². The molecule has 0 bridgehead atoms. The topological polar surface area (TPSA) is 51.7 Å². The molecule has 4 rings (SSSR count). The summed E-state index contributed by atoms with van der Waals surface area (Å²) in [4.78, 5) is 19.2. The summed E-state index contributed by atoms with van der Waals surface area (Å²) in [5.41, 5.74) is 6.05. The third-order valence-electron chi connectivity index (χ3n) is 6.04. The van der Waals surface area contributed by atoms with Crippen LogP contribution in [0, 0.1) is 19.8 Å². The summed E-state index contributed by atoms with van der Waals surface area (Å²) in [5, 5.41) is 3.07. The number of aryl methyl sites for hydroxylation is 2. The number of carbonyl (C=O) groups excluding carboxylic acids is 1. The Bertz CT molecular complexity index is 1120. The molecule has 3 aromatic rings. The fourth-order valence-corrected chi connectivity index (χ4v) is 4.99. The van der Waals surface area contributed by atoms with Gasteiger partial charge in [0.1, 0.15) is 20.2 Å². The van der Waals surface area contributed by atoms with Crippen LogP contribution in [0.2, 0.25) is 0 Å². The van der Waals surface area contributed by atoms with Gasteiger partial charge < -0.3 is 14.4 Å². The van der Waals surface area contributed by atoms with Crippen LogP contribution in [-0.4, -0.2) is 38.5 Å². The first kappa shape index (κ1) is 23.4. The summed E-state index contributed by atoms with van der Waals surface area (Å²) >= 11 is 1.63. The second-order valence-electron chi connectivity index (χ2n) is 8.50. The highest BCUT2D eigenvalue weighted by Gasteiger charge is 2.27. The van der Waals surface area contributed by atoms with E-state index >= 15 is 0 Å². The molecule has 1 fully saturated rings. The number of piperidine rings is 1. The van der Waals surface area contributed by atoms with Crippen molar-refractivity contribution >= 4 is 35.7 Å². The maximum Gasteiger partial charge on any atom is 0.309 e. The molecule has 1 saturated heterocycles. The molecule has 2 radical (unpaired) electrons. The minimum atomic E-state index is -0.0742. The van der Waals surface area contributed by atoms with Crippen molar-refractivity contribution in [2.45, 2.75) is 40.2 Å². The second-order valence-corrected chi connectivity index (χ2v) is 9.34. The number of rotatable bonds is 7. The average Bonchev–Trinajstić information content (AvgIpc) is 3.29. The Morgan fingerprint density at radius 2 is 1.97 bits per heavy atom. The zero-order chi connectivity index (χ0) is 23.4. The van der Waals surface area contributed by atoms with Crippen molar-refractivity contribution < 1.29 is 14.3 Å². The molecular weight excluding hydrogens is 431 g/mol. The highest BCUT2D eigenvalue weighted by Crippen LogP contribution is 2.36. The van der Waals surface area contributed by atoms with Crippen LogP contribution in [0.4, 0.5) is 5.13 Å². The molecule has 1 aliphatic rings. The van der Waals surface area contributed by atoms with Crippen LogP contribution in [0.5, 0.6) is 5.75 Å². The van der Waals surface area contributed by atoms with Gasteiger partial charge in [-0.3, -0.25) is 4.79 Å². The average molecular weight is 460 g/mol. The van der Waals surface area contributed by atoms with E-state index in [4.69, 9.17) is 22.3 Å². The number of ether oxygens (including phenoxy) is 2. The molecule has 0 aliphatic carbocycles. The first-order valence-electron chi connectivity index (χ1n) is 11.4. The van der Waals surface area contributed by atoms with Crippen molar-refractivity contribution in [2.75, 3.05) is 24.6 Å². The van der Waals surface area contributed by atoms with Gasteiger partial charge in [-0.1, -0.05) is 35.3 Å². The standard InChI is InChI=1S/C26H29BN2O3S/c1-4-31-25(30)19-9-11-29(12-10-19)26-28-23(16-33-26)22-13-17(2)5-8-24(22)32-15-20-6-7-21(27)14-18(20)3/h5-8,13-14,16,19H,4,9-12,15H2,1-3H3. The number of anilines is 1. The van der Waals surface area contributed by atoms with Crippen LogP contribution < -0.4 is 15.1 Å². The smallest absolute Gasteiger partial charge is 0.309 e. The number of nitrogens with zero attached hydrogens (tertiary/aromatic N) is 2. The van der Waals surface area contributed by atoms with Gasteiger partial charge in [0.25, 0.3) is 0 Å². The Morgan fingerprint density at radius 3 is 2.70 bits per heavy atom. The predicted molar refractivity (Wildman–Crippen MR) is 135 cm³/mol. The summed E-state index contributed by atoms with van der Waals surface area (Å²) in [5.74, 6) is 0.735. The Kier molecular flexibility index (Phi) is 7.38. The fraction of sp³-hybridized carbons (Fsp3) is 0.385. The van der Waals surface area contributed by atoms with Crippen LogP contribution >= 0.6 is 11.3 Å². The van der Waals surface area contributed by atoms with Crippen molar-refractivity contribution in [3.05, 3.63) is 58.5 Å². The van der Waals surface area contributed by atoms with Gasteiger partial charge in [-0.05, 0) is 56.9 Å². The van der Waals surface area contributed by atoms with E-state index in [-0.39, 0.29) is 11.9 Å². The largest absolute Gasteiger partial charge is 0.488 e. The van der Waals surface area contributed by atoms with E-state index in [1.54, 1.807) is 11.3 Å². The van der Waals surface area contributed by atoms with Gasteiger partial charge in [-0.15, -0.1) is 11.3 Å². The minimum absolute atomic E-state index is 0.00537. The maximum absolute atomic E-state index is 12.0. The first-order valence-corrected chi connectivity index (χ1v) is 12.3. The van der Waals surface area contributed by atoms with Gasteiger partial charge in [0.2, 0.25) is 0 Å². The van der Waals surface area contributed by atoms with Crippen LogP contribution in [0.1, 0.15) is 36.5 Å². The Balaban J connectivity index is 1.47. The lowest BCUT2D eigenvalue weighted by molar-refractivity contribution is -0.148. The normalized spacial score (nSPS) is 14.3. The van der Waals surface area contributed by atoms with Crippen molar-refractivity contribution in [1.82, 2.24) is 4.98 Å². The molecule has 0 unspecified atom stereocenters. The Morgan fingerprint density at radius 1 is 1.18 bits per heavy atom. The summed E-state index contributed by atoms with van der Waals surface area (Å²) in [6, 6.07) is 12.1. The van der Waals surface area contributed by atoms with Crippen molar-refractivity contribution in [3.63, 3.8) is 0 Å². The van der Waals surface area contributed by atoms with Crippen LogP contribution in [0.15, 0.2) is 41.8 Å². The zero-order valence-electron chi connectivity index (χ0n) is 19.5. The fourth-order valence-electron chi connectivity index (χ4n) is 4.11. The van der Waals surface area contributed by atoms with Gasteiger partial charge in [0, 0.05) is 24.0 Å². The summed E-state index contributed by atoms with van der Waals surface area (Å²) in [6.45, 7) is 8.50. The van der Waals surface area contributed by atoms with Crippen LogP contribution in [0.25, 0.3) is 11.3 Å². The molecular formula is C26H29BN2O3S. The monoisotopic (exact) mass is 460 g/mol. The summed E-state index contributed by atoms with van der Waals surface area (Å²) in [7, 11) is 5.88. The highest BCUT2D eigenvalue weighted by atomic mass is 32.1. The molecule has 0 atom stereocenters. The van der Waals surface area contributed by atoms with E-state index in [1.165, 1.54) is 0 Å². The lowest BCUT2D eigenvalue weighted by Crippen LogP contribution is -2.36. The van der Waals surface area contributed by atoms with Crippen LogP contribution in [0.3, 0.4) is 0 Å². The number of hydrogen-bond acceptors (Lipinski definition) is 6. The van der Waals surface area contributed by atoms with Crippen molar-refractivity contribution in [3.8, 4) is 17.0 Å². The molecule has 2 heterocycles. The molecule has 170 valence electrons. The number of hydrogen-bond donors (Lipinski definition) is 0. The number of thiazole rings is 1. The van der Waals surface area contributed by atoms with E-state index in [9.17, 15) is 4.79 Å². The number of esters is 1. The SMILES string of the molecule is [B]c1ccc(COc2ccc(C)cc2-c2csc(N3CCC(C(=O)OCC)CC3)n2)c(C)c1. The van der Waals surface area contributed by atoms with Gasteiger partial charge >= 0.3 is 5.97 Å².